The molecule has 202 valence electrons. The Kier molecular flexibility index (Phi) is 6.60. The first-order valence-electron chi connectivity index (χ1n) is 12.6. The highest BCUT2D eigenvalue weighted by Gasteiger charge is 2.19. The van der Waals surface area contributed by atoms with Crippen LogP contribution >= 0.6 is 0 Å². The van der Waals surface area contributed by atoms with Crippen molar-refractivity contribution in [2.45, 2.75) is 6.92 Å². The lowest BCUT2D eigenvalue weighted by Crippen LogP contribution is -2.29. The van der Waals surface area contributed by atoms with E-state index in [1.807, 2.05) is 30.3 Å². The summed E-state index contributed by atoms with van der Waals surface area (Å²) in [6.07, 6.45) is 3.04. The summed E-state index contributed by atoms with van der Waals surface area (Å²) in [5.41, 5.74) is 2.02. The number of rotatable bonds is 6. The molecule has 1 N–H and O–H groups in total. The van der Waals surface area contributed by atoms with Crippen LogP contribution in [-0.4, -0.2) is 15.5 Å². The van der Waals surface area contributed by atoms with Crippen molar-refractivity contribution in [2.24, 2.45) is 0 Å². The van der Waals surface area contributed by atoms with Gasteiger partial charge in [-0.25, -0.2) is 8.78 Å². The molecule has 7 nitrogen and oxygen atoms in total. The standard InChI is InChI=1S/C32H21F2N3O4/c1-19-14-16-37(23-10-7-21(33)8-11-23)32(39)29(19)31(38)36-22-9-12-26(24(34)17-22)40-27-13-15-35-25-18-28(41-30(25)27)20-5-3-2-4-6-20/h2-18H,1H3,(H,36,38). The Balaban J connectivity index is 1.24. The summed E-state index contributed by atoms with van der Waals surface area (Å²) in [6.45, 7) is 1.62. The number of hydrogen-bond acceptors (Lipinski definition) is 5. The number of nitrogens with zero attached hydrogens (tertiary/aromatic N) is 2. The van der Waals surface area contributed by atoms with E-state index < -0.39 is 23.1 Å². The van der Waals surface area contributed by atoms with Crippen molar-refractivity contribution in [1.82, 2.24) is 9.55 Å². The van der Waals surface area contributed by atoms with E-state index in [0.717, 1.165) is 11.6 Å². The van der Waals surface area contributed by atoms with Gasteiger partial charge in [-0.2, -0.15) is 0 Å². The highest BCUT2D eigenvalue weighted by Crippen LogP contribution is 2.35. The summed E-state index contributed by atoms with van der Waals surface area (Å²) in [6, 6.07) is 23.7. The molecule has 6 aromatic rings. The number of aryl methyl sites for hydroxylation is 1. The summed E-state index contributed by atoms with van der Waals surface area (Å²) in [7, 11) is 0. The molecule has 0 spiro atoms. The van der Waals surface area contributed by atoms with Crippen molar-refractivity contribution in [3.05, 3.63) is 137 Å². The highest BCUT2D eigenvalue weighted by molar-refractivity contribution is 6.05. The summed E-state index contributed by atoms with van der Waals surface area (Å²) in [5, 5.41) is 2.57. The predicted molar refractivity (Wildman–Crippen MR) is 151 cm³/mol. The van der Waals surface area contributed by atoms with Gasteiger partial charge in [0.2, 0.25) is 0 Å². The van der Waals surface area contributed by atoms with Crippen LogP contribution in [0.2, 0.25) is 0 Å². The third kappa shape index (κ3) is 5.08. The van der Waals surface area contributed by atoms with E-state index in [0.29, 0.717) is 28.1 Å². The van der Waals surface area contributed by atoms with Gasteiger partial charge in [0.05, 0.1) is 0 Å². The van der Waals surface area contributed by atoms with E-state index in [-0.39, 0.29) is 22.7 Å². The van der Waals surface area contributed by atoms with Crippen molar-refractivity contribution in [3.63, 3.8) is 0 Å². The van der Waals surface area contributed by atoms with Gasteiger partial charge in [-0.3, -0.25) is 19.1 Å². The fraction of sp³-hybridized carbons (Fsp3) is 0.0312. The van der Waals surface area contributed by atoms with E-state index in [1.165, 1.54) is 53.4 Å². The van der Waals surface area contributed by atoms with Crippen LogP contribution < -0.4 is 15.6 Å². The number of ether oxygens (including phenoxy) is 1. The number of pyridine rings is 2. The average molecular weight is 550 g/mol. The summed E-state index contributed by atoms with van der Waals surface area (Å²) >= 11 is 0. The molecule has 0 atom stereocenters. The molecule has 3 aromatic heterocycles. The topological polar surface area (TPSA) is 86.4 Å². The number of amides is 1. The summed E-state index contributed by atoms with van der Waals surface area (Å²) in [4.78, 5) is 30.5. The van der Waals surface area contributed by atoms with Crippen LogP contribution in [0.5, 0.6) is 11.5 Å². The van der Waals surface area contributed by atoms with E-state index in [1.54, 1.807) is 25.1 Å². The third-order valence-electron chi connectivity index (χ3n) is 6.48. The van der Waals surface area contributed by atoms with Crippen molar-refractivity contribution in [1.29, 1.82) is 0 Å². The maximum Gasteiger partial charge on any atom is 0.268 e. The fourth-order valence-corrected chi connectivity index (χ4v) is 4.42. The molecule has 0 aliphatic heterocycles. The first-order chi connectivity index (χ1) is 19.9. The van der Waals surface area contributed by atoms with Gasteiger partial charge in [0.1, 0.15) is 22.7 Å². The van der Waals surface area contributed by atoms with Gasteiger partial charge in [-0.1, -0.05) is 30.3 Å². The molecule has 0 aliphatic carbocycles. The minimum atomic E-state index is -0.740. The Morgan fingerprint density at radius 2 is 1.71 bits per heavy atom. The monoisotopic (exact) mass is 549 g/mol. The lowest BCUT2D eigenvalue weighted by Gasteiger charge is -2.12. The molecule has 6 rings (SSSR count). The number of carbonyl (C=O) groups is 1. The largest absolute Gasteiger partial charge is 0.450 e. The van der Waals surface area contributed by atoms with Crippen molar-refractivity contribution >= 4 is 22.7 Å². The molecule has 0 bridgehead atoms. The average Bonchev–Trinajstić information content (AvgIpc) is 3.41. The SMILES string of the molecule is Cc1ccn(-c2ccc(F)cc2)c(=O)c1C(=O)Nc1ccc(Oc2ccnc3cc(-c4ccccc4)oc23)c(F)c1. The minimum Gasteiger partial charge on any atom is -0.450 e. The van der Waals surface area contributed by atoms with Crippen molar-refractivity contribution in [2.75, 3.05) is 5.32 Å². The molecule has 0 saturated heterocycles. The van der Waals surface area contributed by atoms with Gasteiger partial charge in [0, 0.05) is 47.5 Å². The molecule has 0 saturated carbocycles. The van der Waals surface area contributed by atoms with Crippen LogP contribution in [0, 0.1) is 18.6 Å². The van der Waals surface area contributed by atoms with Crippen LogP contribution in [0.3, 0.4) is 0 Å². The highest BCUT2D eigenvalue weighted by atomic mass is 19.1. The quantitative estimate of drug-likeness (QED) is 0.236. The molecule has 9 heteroatoms. The number of carbonyl (C=O) groups excluding carboxylic acids is 1. The third-order valence-corrected chi connectivity index (χ3v) is 6.48. The Morgan fingerprint density at radius 3 is 2.46 bits per heavy atom. The van der Waals surface area contributed by atoms with Crippen LogP contribution in [-0.2, 0) is 0 Å². The zero-order valence-corrected chi connectivity index (χ0v) is 21.6. The van der Waals surface area contributed by atoms with E-state index in [9.17, 15) is 14.0 Å². The zero-order valence-electron chi connectivity index (χ0n) is 21.6. The molecule has 3 heterocycles. The summed E-state index contributed by atoms with van der Waals surface area (Å²) < 4.78 is 41.5. The Labute approximate surface area is 232 Å². The van der Waals surface area contributed by atoms with Crippen molar-refractivity contribution < 1.29 is 22.7 Å². The minimum absolute atomic E-state index is 0.0947. The second kappa shape index (κ2) is 10.5. The fourth-order valence-electron chi connectivity index (χ4n) is 4.42. The molecule has 1 amide bonds. The second-order valence-electron chi connectivity index (χ2n) is 9.23. The Morgan fingerprint density at radius 1 is 0.927 bits per heavy atom. The number of benzene rings is 3. The Bertz CT molecular complexity index is 1970. The van der Waals surface area contributed by atoms with Gasteiger partial charge >= 0.3 is 0 Å². The molecular formula is C32H21F2N3O4. The van der Waals surface area contributed by atoms with Crippen LogP contribution in [0.1, 0.15) is 15.9 Å². The number of hydrogen-bond donors (Lipinski definition) is 1. The summed E-state index contributed by atoms with van der Waals surface area (Å²) in [5.74, 6) is -1.13. The Hall–Kier alpha value is -5.57. The van der Waals surface area contributed by atoms with Crippen LogP contribution in [0.4, 0.5) is 14.5 Å². The van der Waals surface area contributed by atoms with Gasteiger partial charge in [-0.15, -0.1) is 0 Å². The number of aromatic nitrogens is 2. The predicted octanol–water partition coefficient (Wildman–Crippen LogP) is 7.28. The van der Waals surface area contributed by atoms with E-state index in [4.69, 9.17) is 9.15 Å². The molecule has 0 aliphatic rings. The maximum atomic E-state index is 15.1. The van der Waals surface area contributed by atoms with Crippen LogP contribution in [0.25, 0.3) is 28.1 Å². The first kappa shape index (κ1) is 25.7. The molecule has 0 radical (unpaired) electrons. The molecular weight excluding hydrogens is 528 g/mol. The van der Waals surface area contributed by atoms with Gasteiger partial charge in [0.25, 0.3) is 11.5 Å². The number of fused-ring (bicyclic) bond motifs is 1. The normalized spacial score (nSPS) is 11.0. The number of nitrogens with one attached hydrogen (secondary N) is 1. The van der Waals surface area contributed by atoms with Gasteiger partial charge in [0.15, 0.2) is 22.9 Å². The van der Waals surface area contributed by atoms with Crippen LogP contribution in [0.15, 0.2) is 113 Å². The molecule has 3 aromatic carbocycles. The second-order valence-corrected chi connectivity index (χ2v) is 9.23. The smallest absolute Gasteiger partial charge is 0.268 e. The zero-order chi connectivity index (χ0) is 28.5. The molecule has 0 unspecified atom stereocenters. The van der Waals surface area contributed by atoms with E-state index >= 15 is 4.39 Å². The van der Waals surface area contributed by atoms with Crippen molar-refractivity contribution in [3.8, 4) is 28.5 Å². The lowest BCUT2D eigenvalue weighted by atomic mass is 10.1. The molecule has 0 fully saturated rings. The molecule has 41 heavy (non-hydrogen) atoms. The van der Waals surface area contributed by atoms with Gasteiger partial charge in [-0.05, 0) is 55.0 Å². The number of anilines is 1. The number of furan rings is 1. The van der Waals surface area contributed by atoms with E-state index in [2.05, 4.69) is 10.3 Å². The first-order valence-corrected chi connectivity index (χ1v) is 12.6. The maximum absolute atomic E-state index is 15.1. The number of halogens is 2. The van der Waals surface area contributed by atoms with Gasteiger partial charge < -0.3 is 14.5 Å². The lowest BCUT2D eigenvalue weighted by molar-refractivity contribution is 0.102.